The van der Waals surface area contributed by atoms with Gasteiger partial charge in [0.05, 0.1) is 17.7 Å². The third kappa shape index (κ3) is 5.10. The highest BCUT2D eigenvalue weighted by molar-refractivity contribution is 6.32. The van der Waals surface area contributed by atoms with E-state index >= 15 is 0 Å². The first-order valence-corrected chi connectivity index (χ1v) is 9.11. The number of benzene rings is 2. The molecule has 1 aliphatic rings. The first kappa shape index (κ1) is 19.4. The van der Waals surface area contributed by atoms with E-state index in [0.29, 0.717) is 16.9 Å². The standard InChI is InChI=1S/C20H19ClF2O4/c21-17-9-13(10-18(23)20(17)26-6-2-5-19(24)25)12-7-14(22)11-16(8-12)27-15-3-1-4-15/h7-11,15H,1-6H2,(H,24,25). The zero-order chi connectivity index (χ0) is 19.4. The van der Waals surface area contributed by atoms with E-state index in [4.69, 9.17) is 26.2 Å². The normalized spacial score (nSPS) is 13.9. The minimum Gasteiger partial charge on any atom is -0.490 e. The molecule has 0 unspecified atom stereocenters. The van der Waals surface area contributed by atoms with Crippen molar-refractivity contribution >= 4 is 17.6 Å². The fourth-order valence-corrected chi connectivity index (χ4v) is 3.00. The Balaban J connectivity index is 1.77. The van der Waals surface area contributed by atoms with Gasteiger partial charge in [0.2, 0.25) is 0 Å². The van der Waals surface area contributed by atoms with Crippen molar-refractivity contribution in [3.63, 3.8) is 0 Å². The summed E-state index contributed by atoms with van der Waals surface area (Å²) >= 11 is 6.12. The fraction of sp³-hybridized carbons (Fsp3) is 0.350. The predicted octanol–water partition coefficient (Wildman–Crippen LogP) is 5.46. The van der Waals surface area contributed by atoms with Gasteiger partial charge < -0.3 is 14.6 Å². The summed E-state index contributed by atoms with van der Waals surface area (Å²) in [7, 11) is 0. The molecular formula is C20H19ClF2O4. The second-order valence-corrected chi connectivity index (χ2v) is 6.87. The van der Waals surface area contributed by atoms with Crippen LogP contribution in [0.15, 0.2) is 30.3 Å². The van der Waals surface area contributed by atoms with Crippen molar-refractivity contribution < 1.29 is 28.2 Å². The van der Waals surface area contributed by atoms with Crippen LogP contribution in [-0.4, -0.2) is 23.8 Å². The van der Waals surface area contributed by atoms with Crippen molar-refractivity contribution in [2.75, 3.05) is 6.61 Å². The molecule has 0 aliphatic heterocycles. The molecule has 27 heavy (non-hydrogen) atoms. The number of carboxylic acids is 1. The maximum atomic E-state index is 14.4. The topological polar surface area (TPSA) is 55.8 Å². The van der Waals surface area contributed by atoms with E-state index in [1.54, 1.807) is 6.07 Å². The van der Waals surface area contributed by atoms with Crippen LogP contribution in [0.25, 0.3) is 11.1 Å². The molecule has 0 spiro atoms. The number of rotatable bonds is 8. The number of hydrogen-bond acceptors (Lipinski definition) is 3. The summed E-state index contributed by atoms with van der Waals surface area (Å²) in [5.74, 6) is -1.87. The fourth-order valence-electron chi connectivity index (χ4n) is 2.74. The van der Waals surface area contributed by atoms with Crippen molar-refractivity contribution in [1.29, 1.82) is 0 Å². The highest BCUT2D eigenvalue weighted by Gasteiger charge is 2.20. The molecular weight excluding hydrogens is 378 g/mol. The summed E-state index contributed by atoms with van der Waals surface area (Å²) in [4.78, 5) is 10.5. The first-order chi connectivity index (χ1) is 12.9. The molecule has 0 saturated heterocycles. The molecule has 0 bridgehead atoms. The molecule has 1 fully saturated rings. The molecule has 0 heterocycles. The van der Waals surface area contributed by atoms with Crippen LogP contribution in [0.4, 0.5) is 8.78 Å². The minimum atomic E-state index is -0.952. The Labute approximate surface area is 160 Å². The number of aliphatic carboxylic acids is 1. The largest absolute Gasteiger partial charge is 0.490 e. The van der Waals surface area contributed by atoms with Gasteiger partial charge >= 0.3 is 5.97 Å². The van der Waals surface area contributed by atoms with E-state index in [9.17, 15) is 13.6 Å². The minimum absolute atomic E-state index is 0.0294. The maximum Gasteiger partial charge on any atom is 0.303 e. The van der Waals surface area contributed by atoms with E-state index < -0.39 is 17.6 Å². The monoisotopic (exact) mass is 396 g/mol. The third-order valence-corrected chi connectivity index (χ3v) is 4.62. The molecule has 2 aromatic carbocycles. The maximum absolute atomic E-state index is 14.4. The molecule has 2 aromatic rings. The smallest absolute Gasteiger partial charge is 0.303 e. The van der Waals surface area contributed by atoms with Crippen LogP contribution in [0.5, 0.6) is 11.5 Å². The highest BCUT2D eigenvalue weighted by Crippen LogP contribution is 2.36. The van der Waals surface area contributed by atoms with Gasteiger partial charge in [-0.1, -0.05) is 11.6 Å². The Bertz CT molecular complexity index is 814. The SMILES string of the molecule is O=C(O)CCCOc1c(F)cc(-c2cc(F)cc(OC3CCC3)c2)cc1Cl. The van der Waals surface area contributed by atoms with Crippen molar-refractivity contribution in [2.24, 2.45) is 0 Å². The van der Waals surface area contributed by atoms with Crippen LogP contribution < -0.4 is 9.47 Å². The lowest BCUT2D eigenvalue weighted by Crippen LogP contribution is -2.24. The van der Waals surface area contributed by atoms with E-state index in [-0.39, 0.29) is 36.3 Å². The number of carbonyl (C=O) groups is 1. The average molecular weight is 397 g/mol. The van der Waals surface area contributed by atoms with Gasteiger partial charge in [0, 0.05) is 12.5 Å². The Morgan fingerprint density at radius 3 is 2.52 bits per heavy atom. The third-order valence-electron chi connectivity index (χ3n) is 4.34. The van der Waals surface area contributed by atoms with Gasteiger partial charge in [-0.05, 0) is 61.1 Å². The van der Waals surface area contributed by atoms with Crippen molar-refractivity contribution in [3.05, 3.63) is 47.0 Å². The molecule has 1 aliphatic carbocycles. The summed E-state index contributed by atoms with van der Waals surface area (Å²) in [6.07, 6.45) is 3.24. The Kier molecular flexibility index (Phi) is 6.16. The van der Waals surface area contributed by atoms with Crippen LogP contribution in [0.1, 0.15) is 32.1 Å². The lowest BCUT2D eigenvalue weighted by atomic mass is 9.96. The van der Waals surface area contributed by atoms with Gasteiger partial charge in [-0.2, -0.15) is 0 Å². The zero-order valence-electron chi connectivity index (χ0n) is 14.5. The quantitative estimate of drug-likeness (QED) is 0.602. The first-order valence-electron chi connectivity index (χ1n) is 8.73. The van der Waals surface area contributed by atoms with E-state index in [0.717, 1.165) is 19.3 Å². The molecule has 1 saturated carbocycles. The van der Waals surface area contributed by atoms with Crippen molar-refractivity contribution in [3.8, 4) is 22.6 Å². The molecule has 7 heteroatoms. The van der Waals surface area contributed by atoms with Gasteiger partial charge in [0.1, 0.15) is 11.6 Å². The Morgan fingerprint density at radius 2 is 1.89 bits per heavy atom. The summed E-state index contributed by atoms with van der Waals surface area (Å²) in [6.45, 7) is 0.0294. The molecule has 1 N–H and O–H groups in total. The molecule has 0 amide bonds. The molecule has 0 atom stereocenters. The lowest BCUT2D eigenvalue weighted by Gasteiger charge is -2.26. The van der Waals surface area contributed by atoms with Crippen LogP contribution in [0, 0.1) is 11.6 Å². The van der Waals surface area contributed by atoms with Crippen LogP contribution in [-0.2, 0) is 4.79 Å². The summed E-state index contributed by atoms with van der Waals surface area (Å²) < 4.78 is 39.3. The summed E-state index contributed by atoms with van der Waals surface area (Å²) in [5, 5.41) is 8.64. The number of ether oxygens (including phenoxy) is 2. The molecule has 0 radical (unpaired) electrons. The van der Waals surface area contributed by atoms with E-state index in [1.807, 2.05) is 0 Å². The number of carboxylic acid groups (broad SMARTS) is 1. The van der Waals surface area contributed by atoms with Crippen molar-refractivity contribution in [2.45, 2.75) is 38.2 Å². The van der Waals surface area contributed by atoms with Gasteiger partial charge in [-0.3, -0.25) is 4.79 Å². The van der Waals surface area contributed by atoms with Gasteiger partial charge in [0.25, 0.3) is 0 Å². The molecule has 4 nitrogen and oxygen atoms in total. The van der Waals surface area contributed by atoms with Crippen LogP contribution >= 0.6 is 11.6 Å². The molecule has 3 rings (SSSR count). The predicted molar refractivity (Wildman–Crippen MR) is 97.4 cm³/mol. The second-order valence-electron chi connectivity index (χ2n) is 6.46. The summed E-state index contributed by atoms with van der Waals surface area (Å²) in [5.41, 5.74) is 0.843. The van der Waals surface area contributed by atoms with Gasteiger partial charge in [0.15, 0.2) is 11.6 Å². The van der Waals surface area contributed by atoms with Crippen LogP contribution in [0.3, 0.4) is 0 Å². The highest BCUT2D eigenvalue weighted by atomic mass is 35.5. The van der Waals surface area contributed by atoms with E-state index in [1.165, 1.54) is 24.3 Å². The summed E-state index contributed by atoms with van der Waals surface area (Å²) in [6, 6.07) is 6.94. The second kappa shape index (κ2) is 8.57. The van der Waals surface area contributed by atoms with Gasteiger partial charge in [-0.25, -0.2) is 8.78 Å². The molecule has 144 valence electrons. The number of hydrogen-bond donors (Lipinski definition) is 1. The zero-order valence-corrected chi connectivity index (χ0v) is 15.3. The number of halogens is 3. The lowest BCUT2D eigenvalue weighted by molar-refractivity contribution is -0.137. The Hall–Kier alpha value is -2.34. The molecule has 0 aromatic heterocycles. The Morgan fingerprint density at radius 1 is 1.15 bits per heavy atom. The van der Waals surface area contributed by atoms with Crippen LogP contribution in [0.2, 0.25) is 5.02 Å². The van der Waals surface area contributed by atoms with E-state index in [2.05, 4.69) is 0 Å². The average Bonchev–Trinajstić information content (AvgIpc) is 2.56. The van der Waals surface area contributed by atoms with Gasteiger partial charge in [-0.15, -0.1) is 0 Å². The van der Waals surface area contributed by atoms with Crippen molar-refractivity contribution in [1.82, 2.24) is 0 Å².